The summed E-state index contributed by atoms with van der Waals surface area (Å²) in [5.74, 6) is -0.523. The van der Waals surface area contributed by atoms with Gasteiger partial charge in [0, 0.05) is 13.1 Å². The molecule has 5 nitrogen and oxygen atoms in total. The molecule has 3 atom stereocenters. The van der Waals surface area contributed by atoms with Crippen molar-refractivity contribution in [1.29, 1.82) is 0 Å². The van der Waals surface area contributed by atoms with Crippen LogP contribution in [0.1, 0.15) is 31.4 Å². The number of amides is 2. The minimum atomic E-state index is -0.300. The molecule has 0 bridgehead atoms. The van der Waals surface area contributed by atoms with Gasteiger partial charge in [0.25, 0.3) is 0 Å². The summed E-state index contributed by atoms with van der Waals surface area (Å²) in [5.41, 5.74) is 1.07. The van der Waals surface area contributed by atoms with Gasteiger partial charge in [0.05, 0.1) is 31.1 Å². The van der Waals surface area contributed by atoms with Crippen LogP contribution in [-0.4, -0.2) is 43.0 Å². The van der Waals surface area contributed by atoms with Crippen molar-refractivity contribution in [1.82, 2.24) is 10.2 Å². The molecule has 2 amide bonds. The number of rotatable bonds is 4. The van der Waals surface area contributed by atoms with E-state index >= 15 is 0 Å². The minimum Gasteiger partial charge on any atom is -0.378 e. The van der Waals surface area contributed by atoms with Crippen LogP contribution in [0.5, 0.6) is 0 Å². The van der Waals surface area contributed by atoms with E-state index in [-0.39, 0.29) is 29.7 Å². The molecule has 0 radical (unpaired) electrons. The number of allylic oxidation sites excluding steroid dienone is 2. The van der Waals surface area contributed by atoms with Gasteiger partial charge >= 0.3 is 0 Å². The number of carbonyl (C=O) groups is 2. The maximum atomic E-state index is 12.9. The van der Waals surface area contributed by atoms with Crippen LogP contribution in [-0.2, 0) is 14.3 Å². The Labute approximate surface area is 149 Å². The Hall–Kier alpha value is -2.14. The van der Waals surface area contributed by atoms with Gasteiger partial charge in [-0.05, 0) is 25.3 Å². The summed E-state index contributed by atoms with van der Waals surface area (Å²) < 4.78 is 5.33. The van der Waals surface area contributed by atoms with Gasteiger partial charge in [-0.25, -0.2) is 0 Å². The number of hydrogen-bond donors (Lipinski definition) is 1. The Kier molecular flexibility index (Phi) is 5.87. The van der Waals surface area contributed by atoms with Crippen molar-refractivity contribution in [3.63, 3.8) is 0 Å². The predicted octanol–water partition coefficient (Wildman–Crippen LogP) is 2.30. The molecule has 0 aromatic heterocycles. The standard InChI is InChI=1S/C20H26N2O3/c1-15(16-7-3-2-4-8-16)21-19(23)17-9-5-6-10-18(17)20(24)22-11-13-25-14-12-22/h2-8,15,17-18H,9-14H2,1H3,(H,21,23)/t15-,17-,18+/m1/s1. The van der Waals surface area contributed by atoms with Crippen LogP contribution in [0, 0.1) is 11.8 Å². The molecule has 5 heteroatoms. The lowest BCUT2D eigenvalue weighted by atomic mass is 9.81. The van der Waals surface area contributed by atoms with Crippen LogP contribution in [0.3, 0.4) is 0 Å². The Balaban J connectivity index is 1.66. The van der Waals surface area contributed by atoms with Gasteiger partial charge in [-0.3, -0.25) is 9.59 Å². The normalized spacial score (nSPS) is 24.6. The van der Waals surface area contributed by atoms with Gasteiger partial charge in [-0.2, -0.15) is 0 Å². The summed E-state index contributed by atoms with van der Waals surface area (Å²) in [6, 6.07) is 9.82. The fraction of sp³-hybridized carbons (Fsp3) is 0.500. The van der Waals surface area contributed by atoms with E-state index in [1.54, 1.807) is 0 Å². The van der Waals surface area contributed by atoms with E-state index in [1.165, 1.54) is 0 Å². The molecular formula is C20H26N2O3. The van der Waals surface area contributed by atoms with Gasteiger partial charge in [0.15, 0.2) is 0 Å². The van der Waals surface area contributed by atoms with Crippen molar-refractivity contribution in [3.05, 3.63) is 48.0 Å². The lowest BCUT2D eigenvalue weighted by molar-refractivity contribution is -0.145. The molecule has 1 fully saturated rings. The van der Waals surface area contributed by atoms with E-state index in [4.69, 9.17) is 4.74 Å². The third kappa shape index (κ3) is 4.28. The second kappa shape index (κ2) is 8.30. The monoisotopic (exact) mass is 342 g/mol. The average molecular weight is 342 g/mol. The van der Waals surface area contributed by atoms with Crippen LogP contribution in [0.4, 0.5) is 0 Å². The van der Waals surface area contributed by atoms with Crippen LogP contribution in [0.25, 0.3) is 0 Å². The fourth-order valence-electron chi connectivity index (χ4n) is 3.54. The molecule has 1 saturated heterocycles. The van der Waals surface area contributed by atoms with Crippen molar-refractivity contribution in [2.75, 3.05) is 26.3 Å². The number of hydrogen-bond acceptors (Lipinski definition) is 3. The van der Waals surface area contributed by atoms with Crippen LogP contribution in [0.2, 0.25) is 0 Å². The van der Waals surface area contributed by atoms with Crippen molar-refractivity contribution in [2.24, 2.45) is 11.8 Å². The Morgan fingerprint density at radius 3 is 2.40 bits per heavy atom. The number of morpholine rings is 1. The molecule has 134 valence electrons. The van der Waals surface area contributed by atoms with E-state index in [0.29, 0.717) is 39.1 Å². The van der Waals surface area contributed by atoms with Crippen molar-refractivity contribution >= 4 is 11.8 Å². The highest BCUT2D eigenvalue weighted by Gasteiger charge is 2.37. The SMILES string of the molecule is C[C@@H](NC(=O)[C@@H]1CC=CC[C@@H]1C(=O)N1CCOCC1)c1ccccc1. The molecule has 0 unspecified atom stereocenters. The van der Waals surface area contributed by atoms with Crippen molar-refractivity contribution in [3.8, 4) is 0 Å². The highest BCUT2D eigenvalue weighted by Crippen LogP contribution is 2.29. The summed E-state index contributed by atoms with van der Waals surface area (Å²) in [4.78, 5) is 27.6. The number of carbonyl (C=O) groups excluding carboxylic acids is 2. The van der Waals surface area contributed by atoms with Crippen molar-refractivity contribution < 1.29 is 14.3 Å². The number of nitrogens with zero attached hydrogens (tertiary/aromatic N) is 1. The zero-order valence-electron chi connectivity index (χ0n) is 14.7. The van der Waals surface area contributed by atoms with Gasteiger partial charge in [0.1, 0.15) is 0 Å². The lowest BCUT2D eigenvalue weighted by Gasteiger charge is -2.34. The first-order chi connectivity index (χ1) is 12.2. The first-order valence-electron chi connectivity index (χ1n) is 9.03. The zero-order chi connectivity index (χ0) is 17.6. The van der Waals surface area contributed by atoms with Crippen LogP contribution in [0.15, 0.2) is 42.5 Å². The van der Waals surface area contributed by atoms with E-state index in [1.807, 2.05) is 54.3 Å². The number of nitrogens with one attached hydrogen (secondary N) is 1. The van der Waals surface area contributed by atoms with Crippen molar-refractivity contribution in [2.45, 2.75) is 25.8 Å². The molecule has 1 aromatic rings. The fourth-order valence-corrected chi connectivity index (χ4v) is 3.54. The molecule has 1 aliphatic carbocycles. The van der Waals surface area contributed by atoms with Gasteiger partial charge in [-0.1, -0.05) is 42.5 Å². The second-order valence-electron chi connectivity index (χ2n) is 6.73. The molecule has 1 heterocycles. The summed E-state index contributed by atoms with van der Waals surface area (Å²) in [5, 5.41) is 3.09. The summed E-state index contributed by atoms with van der Waals surface area (Å²) in [6.07, 6.45) is 5.29. The van der Waals surface area contributed by atoms with E-state index in [0.717, 1.165) is 5.56 Å². The smallest absolute Gasteiger partial charge is 0.226 e. The van der Waals surface area contributed by atoms with Gasteiger partial charge in [0.2, 0.25) is 11.8 Å². The number of ether oxygens (including phenoxy) is 1. The highest BCUT2D eigenvalue weighted by atomic mass is 16.5. The quantitative estimate of drug-likeness (QED) is 0.854. The first kappa shape index (κ1) is 17.7. The topological polar surface area (TPSA) is 58.6 Å². The maximum Gasteiger partial charge on any atom is 0.226 e. The molecule has 1 N–H and O–H groups in total. The summed E-state index contributed by atoms with van der Waals surface area (Å²) in [6.45, 7) is 4.37. The van der Waals surface area contributed by atoms with E-state index in [9.17, 15) is 9.59 Å². The Bertz CT molecular complexity index is 623. The average Bonchev–Trinajstić information content (AvgIpc) is 2.68. The zero-order valence-corrected chi connectivity index (χ0v) is 14.7. The summed E-state index contributed by atoms with van der Waals surface area (Å²) in [7, 11) is 0. The Morgan fingerprint density at radius 1 is 1.08 bits per heavy atom. The summed E-state index contributed by atoms with van der Waals surface area (Å²) >= 11 is 0. The number of benzene rings is 1. The molecule has 1 aromatic carbocycles. The molecule has 0 saturated carbocycles. The first-order valence-corrected chi connectivity index (χ1v) is 9.03. The predicted molar refractivity (Wildman–Crippen MR) is 95.8 cm³/mol. The third-order valence-electron chi connectivity index (χ3n) is 5.07. The molecule has 25 heavy (non-hydrogen) atoms. The Morgan fingerprint density at radius 2 is 1.72 bits per heavy atom. The molecular weight excluding hydrogens is 316 g/mol. The largest absolute Gasteiger partial charge is 0.378 e. The van der Waals surface area contributed by atoms with Gasteiger partial charge in [-0.15, -0.1) is 0 Å². The second-order valence-corrected chi connectivity index (χ2v) is 6.73. The maximum absolute atomic E-state index is 12.9. The lowest BCUT2D eigenvalue weighted by Crippen LogP contribution is -2.48. The van der Waals surface area contributed by atoms with E-state index in [2.05, 4.69) is 5.32 Å². The molecule has 1 aliphatic heterocycles. The highest BCUT2D eigenvalue weighted by molar-refractivity contribution is 5.88. The van der Waals surface area contributed by atoms with Crippen LogP contribution >= 0.6 is 0 Å². The molecule has 0 spiro atoms. The molecule has 3 rings (SSSR count). The van der Waals surface area contributed by atoms with E-state index < -0.39 is 0 Å². The minimum absolute atomic E-state index is 0.0349. The van der Waals surface area contributed by atoms with Crippen LogP contribution < -0.4 is 5.32 Å². The van der Waals surface area contributed by atoms with Gasteiger partial charge < -0.3 is 15.0 Å². The third-order valence-corrected chi connectivity index (χ3v) is 5.07. The molecule has 2 aliphatic rings.